The SMILES string of the molecule is CCN(C)CCNc1c(Br)cnn(CC2CCC2)c1=O. The monoisotopic (exact) mass is 342 g/mol. The summed E-state index contributed by atoms with van der Waals surface area (Å²) in [5.74, 6) is 0.625. The van der Waals surface area contributed by atoms with E-state index >= 15 is 0 Å². The molecule has 1 aliphatic carbocycles. The van der Waals surface area contributed by atoms with Gasteiger partial charge in [0, 0.05) is 19.6 Å². The molecule has 0 saturated heterocycles. The molecule has 1 aromatic heterocycles. The maximum absolute atomic E-state index is 12.4. The lowest BCUT2D eigenvalue weighted by Gasteiger charge is -2.25. The lowest BCUT2D eigenvalue weighted by atomic mass is 9.85. The summed E-state index contributed by atoms with van der Waals surface area (Å²) >= 11 is 3.41. The fourth-order valence-electron chi connectivity index (χ4n) is 2.21. The van der Waals surface area contributed by atoms with Gasteiger partial charge in [0.1, 0.15) is 5.69 Å². The molecule has 0 radical (unpaired) electrons. The van der Waals surface area contributed by atoms with Crippen molar-refractivity contribution >= 4 is 21.6 Å². The fraction of sp³-hybridized carbons (Fsp3) is 0.714. The molecule has 20 heavy (non-hydrogen) atoms. The average Bonchev–Trinajstić information content (AvgIpc) is 2.39. The van der Waals surface area contributed by atoms with Crippen LogP contribution in [0, 0.1) is 5.92 Å². The Balaban J connectivity index is 2.02. The highest BCUT2D eigenvalue weighted by Crippen LogP contribution is 2.27. The van der Waals surface area contributed by atoms with E-state index in [0.717, 1.165) is 30.7 Å². The molecule has 1 fully saturated rings. The molecule has 0 amide bonds. The second-order valence-corrected chi connectivity index (χ2v) is 6.33. The first-order chi connectivity index (χ1) is 9.61. The lowest BCUT2D eigenvalue weighted by molar-refractivity contribution is 0.262. The van der Waals surface area contributed by atoms with Gasteiger partial charge in [-0.25, -0.2) is 4.68 Å². The maximum atomic E-state index is 12.4. The maximum Gasteiger partial charge on any atom is 0.291 e. The van der Waals surface area contributed by atoms with Gasteiger partial charge < -0.3 is 10.2 Å². The summed E-state index contributed by atoms with van der Waals surface area (Å²) < 4.78 is 2.34. The van der Waals surface area contributed by atoms with Crippen molar-refractivity contribution in [2.24, 2.45) is 5.92 Å². The summed E-state index contributed by atoms with van der Waals surface area (Å²) in [4.78, 5) is 14.6. The van der Waals surface area contributed by atoms with Crippen LogP contribution in [0.4, 0.5) is 5.69 Å². The minimum absolute atomic E-state index is 0.0228. The van der Waals surface area contributed by atoms with Gasteiger partial charge in [0.05, 0.1) is 10.7 Å². The van der Waals surface area contributed by atoms with Crippen LogP contribution in [-0.2, 0) is 6.54 Å². The minimum atomic E-state index is -0.0228. The Morgan fingerprint density at radius 1 is 1.55 bits per heavy atom. The normalized spacial score (nSPS) is 15.4. The van der Waals surface area contributed by atoms with Gasteiger partial charge in [-0.2, -0.15) is 5.10 Å². The summed E-state index contributed by atoms with van der Waals surface area (Å²) in [6.07, 6.45) is 5.43. The van der Waals surface area contributed by atoms with Gasteiger partial charge in [-0.05, 0) is 48.3 Å². The molecule has 0 aliphatic heterocycles. The standard InChI is InChI=1S/C14H23BrN4O/c1-3-18(2)8-7-16-13-12(15)9-17-19(14(13)20)10-11-5-4-6-11/h9,11,16H,3-8,10H2,1-2H3. The van der Waals surface area contributed by atoms with Gasteiger partial charge in [0.15, 0.2) is 0 Å². The molecule has 0 spiro atoms. The van der Waals surface area contributed by atoms with Crippen LogP contribution in [-0.4, -0.2) is 41.4 Å². The second-order valence-electron chi connectivity index (χ2n) is 5.47. The molecule has 5 nitrogen and oxygen atoms in total. The Hall–Kier alpha value is -0.880. The molecule has 0 atom stereocenters. The van der Waals surface area contributed by atoms with Gasteiger partial charge in [0.2, 0.25) is 0 Å². The van der Waals surface area contributed by atoms with E-state index in [1.807, 2.05) is 0 Å². The number of hydrogen-bond donors (Lipinski definition) is 1. The first-order valence-corrected chi connectivity index (χ1v) is 8.09. The number of nitrogens with one attached hydrogen (secondary N) is 1. The van der Waals surface area contributed by atoms with Crippen molar-refractivity contribution in [3.8, 4) is 0 Å². The van der Waals surface area contributed by atoms with E-state index in [9.17, 15) is 4.79 Å². The van der Waals surface area contributed by atoms with Gasteiger partial charge in [0.25, 0.3) is 5.56 Å². The van der Waals surface area contributed by atoms with Crippen LogP contribution in [0.5, 0.6) is 0 Å². The highest BCUT2D eigenvalue weighted by atomic mass is 79.9. The van der Waals surface area contributed by atoms with Crippen molar-refractivity contribution in [1.29, 1.82) is 0 Å². The topological polar surface area (TPSA) is 50.2 Å². The van der Waals surface area contributed by atoms with E-state index in [1.54, 1.807) is 10.9 Å². The van der Waals surface area contributed by atoms with Crippen LogP contribution in [0.2, 0.25) is 0 Å². The van der Waals surface area contributed by atoms with Crippen molar-refractivity contribution in [2.45, 2.75) is 32.7 Å². The molecule has 1 N–H and O–H groups in total. The number of hydrogen-bond acceptors (Lipinski definition) is 4. The predicted octanol–water partition coefficient (Wildman–Crippen LogP) is 2.17. The van der Waals surface area contributed by atoms with E-state index < -0.39 is 0 Å². The zero-order valence-electron chi connectivity index (χ0n) is 12.2. The largest absolute Gasteiger partial charge is 0.378 e. The van der Waals surface area contributed by atoms with Crippen molar-refractivity contribution < 1.29 is 0 Å². The number of likely N-dealkylation sites (N-methyl/N-ethyl adjacent to an activating group) is 1. The van der Waals surface area contributed by atoms with Crippen molar-refractivity contribution in [1.82, 2.24) is 14.7 Å². The predicted molar refractivity (Wildman–Crippen MR) is 85.2 cm³/mol. The van der Waals surface area contributed by atoms with Crippen molar-refractivity contribution in [3.63, 3.8) is 0 Å². The molecule has 0 bridgehead atoms. The van der Waals surface area contributed by atoms with E-state index in [1.165, 1.54) is 19.3 Å². The molecule has 1 aromatic rings. The highest BCUT2D eigenvalue weighted by Gasteiger charge is 2.20. The zero-order chi connectivity index (χ0) is 14.5. The minimum Gasteiger partial charge on any atom is -0.378 e. The van der Waals surface area contributed by atoms with Crippen molar-refractivity contribution in [2.75, 3.05) is 32.0 Å². The van der Waals surface area contributed by atoms with Crippen LogP contribution < -0.4 is 10.9 Å². The Bertz CT molecular complexity index is 498. The highest BCUT2D eigenvalue weighted by molar-refractivity contribution is 9.10. The molecular weight excluding hydrogens is 320 g/mol. The summed E-state index contributed by atoms with van der Waals surface area (Å²) in [6, 6.07) is 0. The fourth-order valence-corrected chi connectivity index (χ4v) is 2.61. The quantitative estimate of drug-likeness (QED) is 0.824. The molecule has 1 aliphatic rings. The van der Waals surface area contributed by atoms with E-state index in [0.29, 0.717) is 11.6 Å². The van der Waals surface area contributed by atoms with E-state index in [2.05, 4.69) is 45.2 Å². The molecule has 0 aromatic carbocycles. The van der Waals surface area contributed by atoms with Crippen LogP contribution in [0.1, 0.15) is 26.2 Å². The third-order valence-electron chi connectivity index (χ3n) is 3.99. The Kier molecular flexibility index (Phi) is 5.60. The molecule has 1 saturated carbocycles. The summed E-state index contributed by atoms with van der Waals surface area (Å²) in [7, 11) is 2.07. The summed E-state index contributed by atoms with van der Waals surface area (Å²) in [5.41, 5.74) is 0.606. The number of anilines is 1. The smallest absolute Gasteiger partial charge is 0.291 e. The number of halogens is 1. The van der Waals surface area contributed by atoms with Gasteiger partial charge in [-0.3, -0.25) is 4.79 Å². The third kappa shape index (κ3) is 3.82. The Labute approximate surface area is 128 Å². The molecular formula is C14H23BrN4O. The molecule has 6 heteroatoms. The third-order valence-corrected chi connectivity index (χ3v) is 4.59. The van der Waals surface area contributed by atoms with Crippen LogP contribution in [0.25, 0.3) is 0 Å². The number of nitrogens with zero attached hydrogens (tertiary/aromatic N) is 3. The second kappa shape index (κ2) is 7.22. The number of aromatic nitrogens is 2. The Morgan fingerprint density at radius 3 is 2.90 bits per heavy atom. The summed E-state index contributed by atoms with van der Waals surface area (Å²) in [6.45, 7) is 5.54. The Morgan fingerprint density at radius 2 is 2.30 bits per heavy atom. The molecule has 2 rings (SSSR count). The first-order valence-electron chi connectivity index (χ1n) is 7.29. The number of rotatable bonds is 7. The van der Waals surface area contributed by atoms with Gasteiger partial charge in [-0.15, -0.1) is 0 Å². The molecule has 0 unspecified atom stereocenters. The van der Waals surface area contributed by atoms with Crippen LogP contribution in [0.15, 0.2) is 15.5 Å². The summed E-state index contributed by atoms with van der Waals surface area (Å²) in [5, 5.41) is 7.46. The molecule has 112 valence electrons. The van der Waals surface area contributed by atoms with Crippen molar-refractivity contribution in [3.05, 3.63) is 21.0 Å². The van der Waals surface area contributed by atoms with E-state index in [-0.39, 0.29) is 5.56 Å². The molecule has 1 heterocycles. The zero-order valence-corrected chi connectivity index (χ0v) is 13.8. The van der Waals surface area contributed by atoms with Crippen LogP contribution in [0.3, 0.4) is 0 Å². The van der Waals surface area contributed by atoms with Crippen LogP contribution >= 0.6 is 15.9 Å². The van der Waals surface area contributed by atoms with E-state index in [4.69, 9.17) is 0 Å². The first kappa shape index (κ1) is 15.5. The van der Waals surface area contributed by atoms with Gasteiger partial charge >= 0.3 is 0 Å². The lowest BCUT2D eigenvalue weighted by Crippen LogP contribution is -2.32. The average molecular weight is 343 g/mol. The van der Waals surface area contributed by atoms with Gasteiger partial charge in [-0.1, -0.05) is 13.3 Å².